The summed E-state index contributed by atoms with van der Waals surface area (Å²) < 4.78 is 46.9. The van der Waals surface area contributed by atoms with Crippen molar-refractivity contribution in [3.05, 3.63) is 34.4 Å². The summed E-state index contributed by atoms with van der Waals surface area (Å²) in [5.41, 5.74) is -0.264. The molecule has 0 saturated heterocycles. The third-order valence-electron chi connectivity index (χ3n) is 2.62. The second kappa shape index (κ2) is 7.96. The number of benzene rings is 1. The maximum atomic E-state index is 13.2. The zero-order valence-corrected chi connectivity index (χ0v) is 12.5. The maximum absolute atomic E-state index is 13.2. The highest BCUT2D eigenvalue weighted by atomic mass is 32.2. The largest absolute Gasteiger partial charge is 0.441 e. The standard InChI is InChI=1S/C11H14BFN2O6S/c12-20-7-10(5-8(13)6-14)21-22(18,19)11-3-1-9(2-4-11)15(16)17/h1-4,6,8,10,14H,5,7,12H2/t8-,10-/m0/s1. The zero-order chi connectivity index (χ0) is 16.8. The summed E-state index contributed by atoms with van der Waals surface area (Å²) >= 11 is 0. The average Bonchev–Trinajstić information content (AvgIpc) is 2.47. The van der Waals surface area contributed by atoms with E-state index >= 15 is 0 Å². The molecule has 1 rings (SSSR count). The fourth-order valence-electron chi connectivity index (χ4n) is 1.61. The van der Waals surface area contributed by atoms with E-state index in [0.29, 0.717) is 6.21 Å². The molecule has 2 atom stereocenters. The molecule has 0 aliphatic carbocycles. The lowest BCUT2D eigenvalue weighted by Crippen LogP contribution is -2.27. The average molecular weight is 332 g/mol. The van der Waals surface area contributed by atoms with Crippen molar-refractivity contribution in [1.29, 1.82) is 5.41 Å². The third kappa shape index (κ3) is 5.17. The van der Waals surface area contributed by atoms with Crippen LogP contribution in [0.15, 0.2) is 29.2 Å². The number of hydrogen-bond donors (Lipinski definition) is 1. The number of nitro benzene ring substituents is 1. The van der Waals surface area contributed by atoms with Crippen LogP contribution in [0.25, 0.3) is 0 Å². The lowest BCUT2D eigenvalue weighted by Gasteiger charge is -2.17. The second-order valence-electron chi connectivity index (χ2n) is 4.30. The van der Waals surface area contributed by atoms with Crippen LogP contribution in [-0.2, 0) is 19.0 Å². The lowest BCUT2D eigenvalue weighted by molar-refractivity contribution is -0.384. The van der Waals surface area contributed by atoms with Crippen molar-refractivity contribution in [3.63, 3.8) is 0 Å². The molecule has 0 spiro atoms. The van der Waals surface area contributed by atoms with E-state index in [4.69, 9.17) is 14.2 Å². The number of nitrogens with zero attached hydrogens (tertiary/aromatic N) is 1. The van der Waals surface area contributed by atoms with Gasteiger partial charge in [-0.1, -0.05) is 0 Å². The number of rotatable bonds is 9. The van der Waals surface area contributed by atoms with Crippen molar-refractivity contribution in [2.75, 3.05) is 6.61 Å². The Morgan fingerprint density at radius 2 is 2.00 bits per heavy atom. The van der Waals surface area contributed by atoms with E-state index in [1.807, 2.05) is 0 Å². The molecular weight excluding hydrogens is 318 g/mol. The third-order valence-corrected chi connectivity index (χ3v) is 4.00. The van der Waals surface area contributed by atoms with Crippen LogP contribution in [0.5, 0.6) is 0 Å². The highest BCUT2D eigenvalue weighted by Crippen LogP contribution is 2.20. The number of nitro groups is 1. The van der Waals surface area contributed by atoms with Gasteiger partial charge in [-0.3, -0.25) is 14.3 Å². The molecule has 1 aromatic rings. The molecular formula is C11H14BFN2O6S. The Bertz CT molecular complexity index is 624. The van der Waals surface area contributed by atoms with Gasteiger partial charge in [0.25, 0.3) is 23.9 Å². The van der Waals surface area contributed by atoms with Crippen LogP contribution in [0.2, 0.25) is 0 Å². The van der Waals surface area contributed by atoms with Crippen molar-refractivity contribution >= 4 is 30.1 Å². The van der Waals surface area contributed by atoms with E-state index in [-0.39, 0.29) is 23.6 Å². The molecule has 0 radical (unpaired) electrons. The molecule has 0 bridgehead atoms. The monoisotopic (exact) mass is 332 g/mol. The van der Waals surface area contributed by atoms with Gasteiger partial charge in [-0.05, 0) is 12.1 Å². The van der Waals surface area contributed by atoms with Crippen LogP contribution in [0.1, 0.15) is 6.42 Å². The van der Waals surface area contributed by atoms with Crippen molar-refractivity contribution in [2.45, 2.75) is 23.6 Å². The van der Waals surface area contributed by atoms with E-state index in [1.54, 1.807) is 0 Å². The summed E-state index contributed by atoms with van der Waals surface area (Å²) in [6, 6.07) is 4.11. The number of alkyl halides is 1. The van der Waals surface area contributed by atoms with Gasteiger partial charge >= 0.3 is 0 Å². The summed E-state index contributed by atoms with van der Waals surface area (Å²) in [5.74, 6) is 0. The van der Waals surface area contributed by atoms with Crippen molar-refractivity contribution < 1.29 is 26.6 Å². The number of hydrogen-bond acceptors (Lipinski definition) is 7. The molecule has 0 aromatic heterocycles. The van der Waals surface area contributed by atoms with Gasteiger partial charge in [0.05, 0.1) is 16.4 Å². The molecule has 0 saturated carbocycles. The van der Waals surface area contributed by atoms with Gasteiger partial charge in [-0.2, -0.15) is 8.42 Å². The fourth-order valence-corrected chi connectivity index (χ4v) is 2.68. The van der Waals surface area contributed by atoms with Crippen LogP contribution in [0.3, 0.4) is 0 Å². The molecule has 120 valence electrons. The van der Waals surface area contributed by atoms with E-state index in [1.165, 1.54) is 8.05 Å². The molecule has 0 fully saturated rings. The molecule has 0 aliphatic heterocycles. The molecule has 1 aromatic carbocycles. The normalized spacial score (nSPS) is 14.2. The van der Waals surface area contributed by atoms with Crippen molar-refractivity contribution in [1.82, 2.24) is 0 Å². The molecule has 0 amide bonds. The van der Waals surface area contributed by atoms with Gasteiger partial charge in [0.1, 0.15) is 12.3 Å². The van der Waals surface area contributed by atoms with E-state index in [0.717, 1.165) is 24.3 Å². The lowest BCUT2D eigenvalue weighted by atomic mass is 10.2. The minimum Gasteiger partial charge on any atom is -0.441 e. The summed E-state index contributed by atoms with van der Waals surface area (Å²) in [4.78, 5) is 9.57. The van der Waals surface area contributed by atoms with E-state index < -0.39 is 27.3 Å². The van der Waals surface area contributed by atoms with Crippen molar-refractivity contribution in [3.8, 4) is 0 Å². The second-order valence-corrected chi connectivity index (χ2v) is 5.87. The number of non-ortho nitro benzene ring substituents is 1. The first-order chi connectivity index (χ1) is 10.3. The molecule has 0 heterocycles. The molecule has 0 aliphatic rings. The van der Waals surface area contributed by atoms with Gasteiger partial charge in [-0.25, -0.2) is 4.39 Å². The Balaban J connectivity index is 2.91. The van der Waals surface area contributed by atoms with Gasteiger partial charge in [0, 0.05) is 24.8 Å². The first-order valence-corrected chi connectivity index (χ1v) is 7.52. The predicted molar refractivity (Wildman–Crippen MR) is 77.9 cm³/mol. The minimum atomic E-state index is -4.22. The van der Waals surface area contributed by atoms with Gasteiger partial charge in [-0.15, -0.1) is 0 Å². The van der Waals surface area contributed by atoms with E-state index in [9.17, 15) is 22.9 Å². The summed E-state index contributed by atoms with van der Waals surface area (Å²) in [6.07, 6.45) is -2.59. The summed E-state index contributed by atoms with van der Waals surface area (Å²) in [6.45, 7) is -0.180. The Morgan fingerprint density at radius 3 is 2.45 bits per heavy atom. The Hall–Kier alpha value is -1.85. The SMILES string of the molecule is BOC[C@H](C[C@H](F)C=N)OS(=O)(=O)c1ccc([N+](=O)[O-])cc1. The minimum absolute atomic E-state index is 0.180. The van der Waals surface area contributed by atoms with Crippen LogP contribution >= 0.6 is 0 Å². The van der Waals surface area contributed by atoms with Crippen LogP contribution in [-0.4, -0.2) is 46.5 Å². The molecule has 0 unspecified atom stereocenters. The first-order valence-electron chi connectivity index (χ1n) is 6.11. The molecule has 8 nitrogen and oxygen atoms in total. The van der Waals surface area contributed by atoms with Gasteiger partial charge < -0.3 is 10.1 Å². The Kier molecular flexibility index (Phi) is 6.59. The van der Waals surface area contributed by atoms with Crippen LogP contribution < -0.4 is 0 Å². The highest BCUT2D eigenvalue weighted by molar-refractivity contribution is 7.86. The summed E-state index contributed by atoms with van der Waals surface area (Å²) in [7, 11) is -2.92. The summed E-state index contributed by atoms with van der Waals surface area (Å²) in [5, 5.41) is 17.3. The van der Waals surface area contributed by atoms with Gasteiger partial charge in [0.2, 0.25) is 0 Å². The molecule has 11 heteroatoms. The predicted octanol–water partition coefficient (Wildman–Crippen LogP) is 0.611. The number of nitrogens with one attached hydrogen (secondary N) is 1. The van der Waals surface area contributed by atoms with Crippen molar-refractivity contribution in [2.24, 2.45) is 0 Å². The maximum Gasteiger partial charge on any atom is 0.297 e. The molecule has 22 heavy (non-hydrogen) atoms. The fraction of sp³-hybridized carbons (Fsp3) is 0.364. The smallest absolute Gasteiger partial charge is 0.297 e. The highest BCUT2D eigenvalue weighted by Gasteiger charge is 2.24. The Morgan fingerprint density at radius 1 is 1.41 bits per heavy atom. The van der Waals surface area contributed by atoms with Crippen LogP contribution in [0.4, 0.5) is 10.1 Å². The topological polar surface area (TPSA) is 120 Å². The Labute approximate surface area is 127 Å². The van der Waals surface area contributed by atoms with Gasteiger partial charge in [0.15, 0.2) is 0 Å². The number of halogens is 1. The first kappa shape index (κ1) is 18.2. The molecule has 1 N–H and O–H groups in total. The zero-order valence-electron chi connectivity index (χ0n) is 11.6. The van der Waals surface area contributed by atoms with E-state index in [2.05, 4.69) is 0 Å². The quantitative estimate of drug-likeness (QED) is 0.233. The van der Waals surface area contributed by atoms with Crippen LogP contribution in [0, 0.1) is 15.5 Å².